The predicted octanol–water partition coefficient (Wildman–Crippen LogP) is 3.74. The maximum Gasteiger partial charge on any atom is 0.130 e. The van der Waals surface area contributed by atoms with Crippen molar-refractivity contribution < 1.29 is 0 Å². The molecule has 0 spiro atoms. The van der Waals surface area contributed by atoms with Crippen LogP contribution in [0.4, 0.5) is 5.69 Å². The van der Waals surface area contributed by atoms with E-state index in [4.69, 9.17) is 17.3 Å². The second-order valence-corrected chi connectivity index (χ2v) is 6.14. The summed E-state index contributed by atoms with van der Waals surface area (Å²) >= 11 is 7.69. The zero-order valence-electron chi connectivity index (χ0n) is 10.4. The van der Waals surface area contributed by atoms with Crippen molar-refractivity contribution in [1.29, 1.82) is 0 Å². The number of nitrogens with two attached hydrogens (primary N) is 1. The SMILES string of the molecule is NC1Sc2cc(Cl)ccc2N1CCc1ccccc1. The molecule has 98 valence electrons. The largest absolute Gasteiger partial charge is 0.346 e. The number of hydrogen-bond donors (Lipinski definition) is 1. The molecule has 19 heavy (non-hydrogen) atoms. The molecule has 1 atom stereocenters. The number of nitrogens with zero attached hydrogens (tertiary/aromatic N) is 1. The molecule has 1 aliphatic heterocycles. The van der Waals surface area contributed by atoms with Gasteiger partial charge < -0.3 is 10.6 Å². The Morgan fingerprint density at radius 3 is 2.74 bits per heavy atom. The van der Waals surface area contributed by atoms with Gasteiger partial charge in [-0.25, -0.2) is 0 Å². The van der Waals surface area contributed by atoms with E-state index >= 15 is 0 Å². The number of thioether (sulfide) groups is 1. The zero-order chi connectivity index (χ0) is 13.2. The Labute approximate surface area is 122 Å². The summed E-state index contributed by atoms with van der Waals surface area (Å²) in [6.07, 6.45) is 0.997. The van der Waals surface area contributed by atoms with Crippen LogP contribution in [-0.4, -0.2) is 12.0 Å². The van der Waals surface area contributed by atoms with Gasteiger partial charge in [-0.1, -0.05) is 53.7 Å². The second kappa shape index (κ2) is 5.45. The van der Waals surface area contributed by atoms with Crippen molar-refractivity contribution in [3.05, 3.63) is 59.1 Å². The van der Waals surface area contributed by atoms with Crippen molar-refractivity contribution in [2.75, 3.05) is 11.4 Å². The first kappa shape index (κ1) is 12.9. The van der Waals surface area contributed by atoms with Gasteiger partial charge in [0.25, 0.3) is 0 Å². The van der Waals surface area contributed by atoms with Gasteiger partial charge in [0.05, 0.1) is 5.69 Å². The minimum Gasteiger partial charge on any atom is -0.346 e. The molecule has 2 N–H and O–H groups in total. The highest BCUT2D eigenvalue weighted by Gasteiger charge is 2.26. The number of hydrogen-bond acceptors (Lipinski definition) is 3. The number of rotatable bonds is 3. The van der Waals surface area contributed by atoms with Crippen LogP contribution in [0.3, 0.4) is 0 Å². The average molecular weight is 291 g/mol. The third-order valence-corrected chi connectivity index (χ3v) is 4.58. The Bertz CT molecular complexity index is 574. The van der Waals surface area contributed by atoms with E-state index in [-0.39, 0.29) is 5.50 Å². The van der Waals surface area contributed by atoms with Crippen LogP contribution in [0.1, 0.15) is 5.56 Å². The number of halogens is 1. The summed E-state index contributed by atoms with van der Waals surface area (Å²) in [5.74, 6) is 0. The highest BCUT2D eigenvalue weighted by atomic mass is 35.5. The van der Waals surface area contributed by atoms with Gasteiger partial charge in [0.1, 0.15) is 5.50 Å². The normalized spacial score (nSPS) is 17.6. The lowest BCUT2D eigenvalue weighted by Crippen LogP contribution is -2.37. The van der Waals surface area contributed by atoms with Gasteiger partial charge in [-0.3, -0.25) is 0 Å². The number of fused-ring (bicyclic) bond motifs is 1. The molecular weight excluding hydrogens is 276 g/mol. The molecule has 3 rings (SSSR count). The van der Waals surface area contributed by atoms with Gasteiger partial charge in [-0.05, 0) is 30.2 Å². The third-order valence-electron chi connectivity index (χ3n) is 3.27. The van der Waals surface area contributed by atoms with Crippen molar-refractivity contribution in [2.45, 2.75) is 16.8 Å². The van der Waals surface area contributed by atoms with Crippen LogP contribution >= 0.6 is 23.4 Å². The summed E-state index contributed by atoms with van der Waals surface area (Å²) in [6.45, 7) is 0.923. The molecule has 1 heterocycles. The lowest BCUT2D eigenvalue weighted by atomic mass is 10.1. The van der Waals surface area contributed by atoms with E-state index in [0.717, 1.165) is 18.0 Å². The summed E-state index contributed by atoms with van der Waals surface area (Å²) in [7, 11) is 0. The summed E-state index contributed by atoms with van der Waals surface area (Å²) < 4.78 is 0. The Morgan fingerprint density at radius 2 is 1.95 bits per heavy atom. The van der Waals surface area contributed by atoms with Gasteiger partial charge in [0.2, 0.25) is 0 Å². The molecule has 2 aromatic carbocycles. The van der Waals surface area contributed by atoms with Gasteiger partial charge in [0.15, 0.2) is 0 Å². The van der Waals surface area contributed by atoms with Gasteiger partial charge in [-0.15, -0.1) is 0 Å². The standard InChI is InChI=1S/C15H15ClN2S/c16-12-6-7-13-14(10-12)19-15(17)18(13)9-8-11-4-2-1-3-5-11/h1-7,10,15H,8-9,17H2. The fraction of sp³-hybridized carbons (Fsp3) is 0.200. The minimum absolute atomic E-state index is 0.0165. The molecule has 2 nitrogen and oxygen atoms in total. The fourth-order valence-electron chi connectivity index (χ4n) is 2.29. The van der Waals surface area contributed by atoms with Crippen molar-refractivity contribution in [3.63, 3.8) is 0 Å². The lowest BCUT2D eigenvalue weighted by molar-refractivity contribution is 0.765. The predicted molar refractivity (Wildman–Crippen MR) is 82.8 cm³/mol. The summed E-state index contributed by atoms with van der Waals surface area (Å²) in [6, 6.07) is 16.5. The first-order valence-corrected chi connectivity index (χ1v) is 7.52. The van der Waals surface area contributed by atoms with Gasteiger partial charge in [-0.2, -0.15) is 0 Å². The molecule has 1 aliphatic rings. The first-order valence-electron chi connectivity index (χ1n) is 6.26. The Morgan fingerprint density at radius 1 is 1.16 bits per heavy atom. The van der Waals surface area contributed by atoms with E-state index in [9.17, 15) is 0 Å². The van der Waals surface area contributed by atoms with E-state index in [1.807, 2.05) is 18.2 Å². The highest BCUT2D eigenvalue weighted by Crippen LogP contribution is 2.42. The van der Waals surface area contributed by atoms with Crippen molar-refractivity contribution >= 4 is 29.1 Å². The van der Waals surface area contributed by atoms with Crippen molar-refractivity contribution in [1.82, 2.24) is 0 Å². The molecule has 4 heteroatoms. The Balaban J connectivity index is 1.75. The van der Waals surface area contributed by atoms with E-state index in [2.05, 4.69) is 35.2 Å². The van der Waals surface area contributed by atoms with E-state index < -0.39 is 0 Å². The molecule has 0 saturated heterocycles. The monoisotopic (exact) mass is 290 g/mol. The lowest BCUT2D eigenvalue weighted by Gasteiger charge is -2.23. The van der Waals surface area contributed by atoms with Crippen LogP contribution in [0.5, 0.6) is 0 Å². The van der Waals surface area contributed by atoms with Gasteiger partial charge in [0, 0.05) is 16.5 Å². The topological polar surface area (TPSA) is 29.3 Å². The van der Waals surface area contributed by atoms with E-state index in [0.29, 0.717) is 0 Å². The summed E-state index contributed by atoms with van der Waals surface area (Å²) in [4.78, 5) is 3.41. The molecule has 2 aromatic rings. The molecular formula is C15H15ClN2S. The molecule has 0 bridgehead atoms. The quantitative estimate of drug-likeness (QED) is 0.934. The van der Waals surface area contributed by atoms with Crippen molar-refractivity contribution in [2.24, 2.45) is 5.73 Å². The number of anilines is 1. The van der Waals surface area contributed by atoms with Gasteiger partial charge >= 0.3 is 0 Å². The molecule has 0 aromatic heterocycles. The van der Waals surface area contributed by atoms with Crippen LogP contribution in [0.15, 0.2) is 53.4 Å². The summed E-state index contributed by atoms with van der Waals surface area (Å²) in [5, 5.41) is 0.767. The van der Waals surface area contributed by atoms with Crippen LogP contribution in [0.2, 0.25) is 5.02 Å². The number of benzene rings is 2. The zero-order valence-corrected chi connectivity index (χ0v) is 12.0. The summed E-state index contributed by atoms with van der Waals surface area (Å²) in [5.41, 5.74) is 8.70. The highest BCUT2D eigenvalue weighted by molar-refractivity contribution is 8.00. The molecule has 0 fully saturated rings. The molecule has 0 saturated carbocycles. The average Bonchev–Trinajstić information content (AvgIpc) is 2.72. The fourth-order valence-corrected chi connectivity index (χ4v) is 3.64. The third kappa shape index (κ3) is 2.73. The van der Waals surface area contributed by atoms with Crippen molar-refractivity contribution in [3.8, 4) is 0 Å². The van der Waals surface area contributed by atoms with Crippen LogP contribution in [-0.2, 0) is 6.42 Å². The molecule has 0 amide bonds. The maximum atomic E-state index is 6.19. The Hall–Kier alpha value is -1.16. The first-order chi connectivity index (χ1) is 9.24. The molecule has 0 radical (unpaired) electrons. The van der Waals surface area contributed by atoms with E-state index in [1.165, 1.54) is 16.1 Å². The minimum atomic E-state index is -0.0165. The Kier molecular flexibility index (Phi) is 3.69. The molecule has 1 unspecified atom stereocenters. The maximum absolute atomic E-state index is 6.19. The smallest absolute Gasteiger partial charge is 0.130 e. The second-order valence-electron chi connectivity index (χ2n) is 4.55. The van der Waals surface area contributed by atoms with Crippen LogP contribution in [0, 0.1) is 0 Å². The van der Waals surface area contributed by atoms with Crippen LogP contribution < -0.4 is 10.6 Å². The van der Waals surface area contributed by atoms with Crippen LogP contribution in [0.25, 0.3) is 0 Å². The molecule has 0 aliphatic carbocycles. The van der Waals surface area contributed by atoms with E-state index in [1.54, 1.807) is 11.8 Å².